The molecule has 1 aromatic carbocycles. The monoisotopic (exact) mass is 334 g/mol. The molecule has 5 nitrogen and oxygen atoms in total. The summed E-state index contributed by atoms with van der Waals surface area (Å²) < 4.78 is 10.2. The third kappa shape index (κ3) is 5.49. The lowest BCUT2D eigenvalue weighted by Crippen LogP contribution is -2.34. The number of benzene rings is 1. The molecule has 0 aliphatic carbocycles. The number of likely N-dealkylation sites (tertiary alicyclic amines) is 1. The fourth-order valence-electron chi connectivity index (χ4n) is 3.25. The maximum atomic E-state index is 11.2. The van der Waals surface area contributed by atoms with Crippen LogP contribution in [0, 0.1) is 19.8 Å². The Balaban J connectivity index is 1.84. The summed E-state index contributed by atoms with van der Waals surface area (Å²) >= 11 is 0. The normalized spacial score (nSPS) is 16.2. The second-order valence-corrected chi connectivity index (χ2v) is 6.80. The van der Waals surface area contributed by atoms with Crippen molar-refractivity contribution < 1.29 is 14.3 Å². The summed E-state index contributed by atoms with van der Waals surface area (Å²) in [4.78, 5) is 13.6. The highest BCUT2D eigenvalue weighted by Gasteiger charge is 2.16. The highest BCUT2D eigenvalue weighted by atomic mass is 16.6. The lowest BCUT2D eigenvalue weighted by Gasteiger charge is -2.29. The number of nitrogens with zero attached hydrogens (tertiary/aromatic N) is 1. The van der Waals surface area contributed by atoms with Crippen LogP contribution in [0.1, 0.15) is 29.5 Å². The summed E-state index contributed by atoms with van der Waals surface area (Å²) in [5, 5.41) is 3.59. The zero-order valence-corrected chi connectivity index (χ0v) is 15.4. The molecular weight excluding hydrogens is 304 g/mol. The minimum atomic E-state index is -0.363. The number of methoxy groups -OCH3 is 1. The number of aryl methyl sites for hydroxylation is 2. The molecule has 134 valence electrons. The summed E-state index contributed by atoms with van der Waals surface area (Å²) in [6.07, 6.45) is 2.56. The third-order valence-electron chi connectivity index (χ3n) is 4.68. The van der Waals surface area contributed by atoms with Gasteiger partial charge in [-0.3, -0.25) is 0 Å². The van der Waals surface area contributed by atoms with Crippen LogP contribution in [0.15, 0.2) is 12.1 Å². The molecule has 0 amide bonds. The molecule has 1 saturated heterocycles. The van der Waals surface area contributed by atoms with Gasteiger partial charge in [0.15, 0.2) is 6.61 Å². The fourth-order valence-corrected chi connectivity index (χ4v) is 3.25. The third-order valence-corrected chi connectivity index (χ3v) is 4.68. The Hall–Kier alpha value is -1.59. The van der Waals surface area contributed by atoms with Gasteiger partial charge in [0.2, 0.25) is 0 Å². The van der Waals surface area contributed by atoms with Crippen molar-refractivity contribution in [1.29, 1.82) is 0 Å². The molecule has 1 heterocycles. The van der Waals surface area contributed by atoms with Crippen LogP contribution in [0.25, 0.3) is 0 Å². The van der Waals surface area contributed by atoms with Gasteiger partial charge in [0.1, 0.15) is 5.75 Å². The highest BCUT2D eigenvalue weighted by molar-refractivity contribution is 5.71. The summed E-state index contributed by atoms with van der Waals surface area (Å²) in [6, 6.07) is 4.25. The maximum Gasteiger partial charge on any atom is 0.343 e. The Morgan fingerprint density at radius 2 is 1.88 bits per heavy atom. The topological polar surface area (TPSA) is 50.8 Å². The zero-order valence-electron chi connectivity index (χ0n) is 15.4. The number of carbonyl (C=O) groups excluding carboxylic acids is 1. The van der Waals surface area contributed by atoms with Crippen molar-refractivity contribution in [1.82, 2.24) is 10.2 Å². The van der Waals surface area contributed by atoms with E-state index in [1.807, 2.05) is 13.8 Å². The molecule has 1 fully saturated rings. The van der Waals surface area contributed by atoms with Crippen LogP contribution in [0.5, 0.6) is 5.75 Å². The Morgan fingerprint density at radius 1 is 1.25 bits per heavy atom. The molecule has 1 aliphatic heterocycles. The number of ether oxygens (including phenoxy) is 2. The summed E-state index contributed by atoms with van der Waals surface area (Å²) in [5.41, 5.74) is 3.35. The van der Waals surface area contributed by atoms with Gasteiger partial charge in [0.05, 0.1) is 7.11 Å². The van der Waals surface area contributed by atoms with E-state index in [1.165, 1.54) is 38.6 Å². The first kappa shape index (κ1) is 18.7. The minimum Gasteiger partial charge on any atom is -0.481 e. The average Bonchev–Trinajstić information content (AvgIpc) is 2.55. The molecule has 0 radical (unpaired) electrons. The zero-order chi connectivity index (χ0) is 17.5. The standard InChI is InChI=1S/C19H30N2O3/c1-14-9-17(10-15(2)19(14)24-13-18(22)23-4)12-20-11-16-5-7-21(3)8-6-16/h9-10,16,20H,5-8,11-13H2,1-4H3. The molecule has 0 spiro atoms. The van der Waals surface area contributed by atoms with E-state index in [0.717, 1.165) is 35.9 Å². The van der Waals surface area contributed by atoms with Gasteiger partial charge in [0.25, 0.3) is 0 Å². The van der Waals surface area contributed by atoms with Gasteiger partial charge in [-0.2, -0.15) is 0 Å². The fraction of sp³-hybridized carbons (Fsp3) is 0.632. The minimum absolute atomic E-state index is 0.0497. The average molecular weight is 334 g/mol. The molecule has 0 saturated carbocycles. The van der Waals surface area contributed by atoms with Gasteiger partial charge < -0.3 is 19.7 Å². The molecule has 1 N–H and O–H groups in total. The van der Waals surface area contributed by atoms with Gasteiger partial charge in [-0.25, -0.2) is 4.79 Å². The van der Waals surface area contributed by atoms with Crippen molar-refractivity contribution >= 4 is 5.97 Å². The van der Waals surface area contributed by atoms with Crippen LogP contribution in [-0.4, -0.2) is 51.3 Å². The molecule has 0 atom stereocenters. The van der Waals surface area contributed by atoms with Crippen molar-refractivity contribution in [2.45, 2.75) is 33.2 Å². The van der Waals surface area contributed by atoms with E-state index >= 15 is 0 Å². The smallest absolute Gasteiger partial charge is 0.343 e. The molecule has 1 aromatic rings. The number of carbonyl (C=O) groups is 1. The van der Waals surface area contributed by atoms with E-state index in [9.17, 15) is 4.79 Å². The number of esters is 1. The van der Waals surface area contributed by atoms with Gasteiger partial charge >= 0.3 is 5.97 Å². The predicted molar refractivity (Wildman–Crippen MR) is 95.4 cm³/mol. The molecule has 24 heavy (non-hydrogen) atoms. The van der Waals surface area contributed by atoms with Gasteiger partial charge in [-0.05, 0) is 76.0 Å². The van der Waals surface area contributed by atoms with Crippen LogP contribution in [-0.2, 0) is 16.1 Å². The summed E-state index contributed by atoms with van der Waals surface area (Å²) in [6.45, 7) is 8.33. The number of hydrogen-bond acceptors (Lipinski definition) is 5. The van der Waals surface area contributed by atoms with E-state index in [0.29, 0.717) is 0 Å². The van der Waals surface area contributed by atoms with Crippen molar-refractivity contribution in [3.8, 4) is 5.75 Å². The highest BCUT2D eigenvalue weighted by Crippen LogP contribution is 2.25. The molecule has 0 unspecified atom stereocenters. The molecular formula is C19H30N2O3. The Kier molecular flexibility index (Phi) is 7.06. The van der Waals surface area contributed by atoms with Gasteiger partial charge in [-0.15, -0.1) is 0 Å². The summed E-state index contributed by atoms with van der Waals surface area (Å²) in [5.74, 6) is 1.20. The first-order valence-electron chi connectivity index (χ1n) is 8.68. The SMILES string of the molecule is COC(=O)COc1c(C)cc(CNCC2CCN(C)CC2)cc1C. The van der Waals surface area contributed by atoms with Crippen molar-refractivity contribution in [3.05, 3.63) is 28.8 Å². The molecule has 0 aromatic heterocycles. The summed E-state index contributed by atoms with van der Waals surface area (Å²) in [7, 11) is 3.56. The maximum absolute atomic E-state index is 11.2. The van der Waals surface area contributed by atoms with Gasteiger partial charge in [-0.1, -0.05) is 12.1 Å². The lowest BCUT2D eigenvalue weighted by molar-refractivity contribution is -0.142. The van der Waals surface area contributed by atoms with E-state index in [-0.39, 0.29) is 12.6 Å². The number of rotatable bonds is 7. The Bertz CT molecular complexity index is 529. The first-order valence-corrected chi connectivity index (χ1v) is 8.68. The second kappa shape index (κ2) is 9.04. The first-order chi connectivity index (χ1) is 11.5. The molecule has 5 heteroatoms. The largest absolute Gasteiger partial charge is 0.481 e. The van der Waals surface area contributed by atoms with Crippen LogP contribution in [0.3, 0.4) is 0 Å². The van der Waals surface area contributed by atoms with Crippen LogP contribution in [0.4, 0.5) is 0 Å². The number of piperidine rings is 1. The van der Waals surface area contributed by atoms with Gasteiger partial charge in [0, 0.05) is 6.54 Å². The van der Waals surface area contributed by atoms with Crippen LogP contribution >= 0.6 is 0 Å². The second-order valence-electron chi connectivity index (χ2n) is 6.80. The quantitative estimate of drug-likeness (QED) is 0.776. The Morgan fingerprint density at radius 3 is 2.46 bits per heavy atom. The number of nitrogens with one attached hydrogen (secondary N) is 1. The van der Waals surface area contributed by atoms with E-state index in [2.05, 4.69) is 34.1 Å². The van der Waals surface area contributed by atoms with Crippen LogP contribution < -0.4 is 10.1 Å². The van der Waals surface area contributed by atoms with E-state index in [1.54, 1.807) is 0 Å². The van der Waals surface area contributed by atoms with E-state index < -0.39 is 0 Å². The van der Waals surface area contributed by atoms with Crippen molar-refractivity contribution in [2.24, 2.45) is 5.92 Å². The van der Waals surface area contributed by atoms with Crippen molar-refractivity contribution in [2.75, 3.05) is 40.4 Å². The van der Waals surface area contributed by atoms with Crippen LogP contribution in [0.2, 0.25) is 0 Å². The lowest BCUT2D eigenvalue weighted by atomic mass is 9.97. The Labute approximate surface area is 145 Å². The number of hydrogen-bond donors (Lipinski definition) is 1. The predicted octanol–water partition coefficient (Wildman–Crippen LogP) is 2.29. The van der Waals surface area contributed by atoms with Crippen molar-refractivity contribution in [3.63, 3.8) is 0 Å². The molecule has 1 aliphatic rings. The molecule has 2 rings (SSSR count). The molecule has 0 bridgehead atoms. The van der Waals surface area contributed by atoms with E-state index in [4.69, 9.17) is 4.74 Å².